The maximum Gasteiger partial charge on any atom is 0.107 e. The quantitative estimate of drug-likeness (QED) is 0.744. The topological polar surface area (TPSA) is 12.0 Å². The van der Waals surface area contributed by atoms with Gasteiger partial charge in [0.1, 0.15) is 4.34 Å². The molecule has 0 aliphatic carbocycles. The molecule has 1 heterocycles. The van der Waals surface area contributed by atoms with Gasteiger partial charge in [-0.15, -0.1) is 11.3 Å². The van der Waals surface area contributed by atoms with E-state index < -0.39 is 0 Å². The first kappa shape index (κ1) is 13.2. The van der Waals surface area contributed by atoms with Crippen molar-refractivity contribution < 1.29 is 0 Å². The average Bonchev–Trinajstić information content (AvgIpc) is 2.60. The molecule has 1 nitrogen and oxygen atoms in total. The molecule has 90 valence electrons. The molecule has 0 atom stereocenters. The Morgan fingerprint density at radius 2 is 2.06 bits per heavy atom. The van der Waals surface area contributed by atoms with Crippen molar-refractivity contribution in [2.75, 3.05) is 5.32 Å². The number of hydrogen-bond acceptors (Lipinski definition) is 2. The molecule has 1 N–H and O–H groups in total. The van der Waals surface area contributed by atoms with Gasteiger partial charge in [0.05, 0.1) is 0 Å². The first-order valence-electron chi connectivity index (χ1n) is 5.00. The molecule has 1 aromatic carbocycles. The minimum atomic E-state index is 0.745. The second kappa shape index (κ2) is 5.61. The Balaban J connectivity index is 2.04. The number of nitrogens with one attached hydrogen (secondary N) is 1. The van der Waals surface area contributed by atoms with Crippen LogP contribution in [0.15, 0.2) is 28.7 Å². The van der Waals surface area contributed by atoms with E-state index >= 15 is 0 Å². The fourth-order valence-electron chi connectivity index (χ4n) is 1.37. The number of hydrogen-bond donors (Lipinski definition) is 1. The lowest BCUT2D eigenvalue weighted by Crippen LogP contribution is -1.97. The van der Waals surface area contributed by atoms with Crippen molar-refractivity contribution in [3.63, 3.8) is 0 Å². The SMILES string of the molecule is Cc1ccc(NCc2cc(Br)c(Cl)s2)cc1Cl. The highest BCUT2D eigenvalue weighted by Crippen LogP contribution is 2.32. The standard InChI is InChI=1S/C12H10BrCl2NS/c1-7-2-3-8(4-11(7)14)16-6-9-5-10(13)12(15)17-9/h2-5,16H,6H2,1H3. The highest BCUT2D eigenvalue weighted by atomic mass is 79.9. The smallest absolute Gasteiger partial charge is 0.107 e. The first-order chi connectivity index (χ1) is 8.06. The van der Waals surface area contributed by atoms with Gasteiger partial charge in [0, 0.05) is 26.6 Å². The van der Waals surface area contributed by atoms with Gasteiger partial charge in [0.25, 0.3) is 0 Å². The van der Waals surface area contributed by atoms with Crippen LogP contribution in [0, 0.1) is 6.92 Å². The Morgan fingerprint density at radius 1 is 1.29 bits per heavy atom. The maximum absolute atomic E-state index is 6.06. The molecular weight excluding hydrogens is 341 g/mol. The zero-order chi connectivity index (χ0) is 12.4. The highest BCUT2D eigenvalue weighted by molar-refractivity contribution is 9.10. The van der Waals surface area contributed by atoms with E-state index in [4.69, 9.17) is 23.2 Å². The summed E-state index contributed by atoms with van der Waals surface area (Å²) < 4.78 is 1.73. The summed E-state index contributed by atoms with van der Waals surface area (Å²) in [4.78, 5) is 1.18. The number of aryl methyl sites for hydroxylation is 1. The second-order valence-electron chi connectivity index (χ2n) is 3.65. The number of thiophene rings is 1. The van der Waals surface area contributed by atoms with E-state index in [1.165, 1.54) is 4.88 Å². The van der Waals surface area contributed by atoms with E-state index in [0.717, 1.165) is 31.6 Å². The number of rotatable bonds is 3. The Morgan fingerprint density at radius 3 is 2.65 bits per heavy atom. The molecular formula is C12H10BrCl2NS. The summed E-state index contributed by atoms with van der Waals surface area (Å²) in [7, 11) is 0. The minimum Gasteiger partial charge on any atom is -0.380 e. The number of anilines is 1. The lowest BCUT2D eigenvalue weighted by Gasteiger charge is -2.06. The maximum atomic E-state index is 6.06. The van der Waals surface area contributed by atoms with Crippen molar-refractivity contribution in [1.29, 1.82) is 0 Å². The third-order valence-electron chi connectivity index (χ3n) is 2.33. The van der Waals surface area contributed by atoms with Gasteiger partial charge in [-0.3, -0.25) is 0 Å². The summed E-state index contributed by atoms with van der Waals surface area (Å²) in [5.74, 6) is 0. The van der Waals surface area contributed by atoms with Crippen LogP contribution in [0.3, 0.4) is 0 Å². The van der Waals surface area contributed by atoms with Crippen molar-refractivity contribution in [3.05, 3.63) is 48.5 Å². The van der Waals surface area contributed by atoms with Crippen LogP contribution in [0.4, 0.5) is 5.69 Å². The lowest BCUT2D eigenvalue weighted by molar-refractivity contribution is 1.19. The Labute approximate surface area is 123 Å². The van der Waals surface area contributed by atoms with Gasteiger partial charge >= 0.3 is 0 Å². The zero-order valence-electron chi connectivity index (χ0n) is 9.06. The molecule has 0 fully saturated rings. The molecule has 0 bridgehead atoms. The van der Waals surface area contributed by atoms with Crippen molar-refractivity contribution >= 4 is 56.2 Å². The summed E-state index contributed by atoms with van der Waals surface area (Å²) in [6.07, 6.45) is 0. The Kier molecular flexibility index (Phi) is 4.36. The molecule has 1 aromatic heterocycles. The molecule has 2 rings (SSSR count). The van der Waals surface area contributed by atoms with Crippen LogP contribution in [0.2, 0.25) is 9.36 Å². The van der Waals surface area contributed by atoms with Crippen LogP contribution >= 0.6 is 50.5 Å². The normalized spacial score (nSPS) is 10.6. The zero-order valence-corrected chi connectivity index (χ0v) is 13.0. The third-order valence-corrected chi connectivity index (χ3v) is 5.22. The molecule has 17 heavy (non-hydrogen) atoms. The lowest BCUT2D eigenvalue weighted by atomic mass is 10.2. The first-order valence-corrected chi connectivity index (χ1v) is 7.36. The van der Waals surface area contributed by atoms with E-state index in [1.807, 2.05) is 31.2 Å². The number of halogens is 3. The van der Waals surface area contributed by atoms with Gasteiger partial charge in [-0.25, -0.2) is 0 Å². The van der Waals surface area contributed by atoms with E-state index in [0.29, 0.717) is 0 Å². The number of benzene rings is 1. The van der Waals surface area contributed by atoms with Crippen molar-refractivity contribution in [1.82, 2.24) is 0 Å². The van der Waals surface area contributed by atoms with Gasteiger partial charge in [-0.1, -0.05) is 29.3 Å². The fourth-order valence-corrected chi connectivity index (χ4v) is 3.28. The molecule has 0 saturated carbocycles. The monoisotopic (exact) mass is 349 g/mol. The van der Waals surface area contributed by atoms with E-state index in [9.17, 15) is 0 Å². The van der Waals surface area contributed by atoms with Crippen LogP contribution in [0.1, 0.15) is 10.4 Å². The fraction of sp³-hybridized carbons (Fsp3) is 0.167. The molecule has 0 aliphatic rings. The highest BCUT2D eigenvalue weighted by Gasteiger charge is 2.04. The third kappa shape index (κ3) is 3.38. The molecule has 0 unspecified atom stereocenters. The average molecular weight is 351 g/mol. The van der Waals surface area contributed by atoms with Crippen LogP contribution in [-0.2, 0) is 6.54 Å². The summed E-state index contributed by atoms with van der Waals surface area (Å²) >= 11 is 17.0. The predicted molar refractivity (Wildman–Crippen MR) is 80.5 cm³/mol. The largest absolute Gasteiger partial charge is 0.380 e. The van der Waals surface area contributed by atoms with Gasteiger partial charge in [-0.2, -0.15) is 0 Å². The summed E-state index contributed by atoms with van der Waals surface area (Å²) in [5.41, 5.74) is 2.10. The molecule has 2 aromatic rings. The van der Waals surface area contributed by atoms with Gasteiger partial charge in [0.15, 0.2) is 0 Å². The van der Waals surface area contributed by atoms with E-state index in [2.05, 4.69) is 21.2 Å². The van der Waals surface area contributed by atoms with Gasteiger partial charge in [0.2, 0.25) is 0 Å². The Bertz CT molecular complexity index is 520. The van der Waals surface area contributed by atoms with Gasteiger partial charge < -0.3 is 5.32 Å². The molecule has 0 amide bonds. The van der Waals surface area contributed by atoms with Crippen LogP contribution in [0.5, 0.6) is 0 Å². The second-order valence-corrected chi connectivity index (χ2v) is 6.65. The molecule has 0 radical (unpaired) electrons. The molecule has 0 saturated heterocycles. The minimum absolute atomic E-state index is 0.745. The summed E-state index contributed by atoms with van der Waals surface area (Å²) in [6.45, 7) is 2.73. The van der Waals surface area contributed by atoms with Crippen LogP contribution < -0.4 is 5.32 Å². The van der Waals surface area contributed by atoms with Crippen molar-refractivity contribution in [2.45, 2.75) is 13.5 Å². The van der Waals surface area contributed by atoms with Crippen molar-refractivity contribution in [3.8, 4) is 0 Å². The summed E-state index contributed by atoms with van der Waals surface area (Å²) in [5, 5.41) is 4.09. The van der Waals surface area contributed by atoms with E-state index in [-0.39, 0.29) is 0 Å². The molecule has 5 heteroatoms. The Hall–Kier alpha value is -0.220. The van der Waals surface area contributed by atoms with Crippen LogP contribution in [-0.4, -0.2) is 0 Å². The predicted octanol–water partition coefficient (Wildman–Crippen LogP) is 5.74. The van der Waals surface area contributed by atoms with Crippen LogP contribution in [0.25, 0.3) is 0 Å². The van der Waals surface area contributed by atoms with Gasteiger partial charge in [-0.05, 0) is 46.6 Å². The molecule has 0 aliphatic heterocycles. The van der Waals surface area contributed by atoms with E-state index in [1.54, 1.807) is 11.3 Å². The summed E-state index contributed by atoms with van der Waals surface area (Å²) in [6, 6.07) is 7.98. The van der Waals surface area contributed by atoms with Crippen molar-refractivity contribution in [2.24, 2.45) is 0 Å². The molecule has 0 spiro atoms.